The second-order valence-corrected chi connectivity index (χ2v) is 6.91. The van der Waals surface area contributed by atoms with Crippen molar-refractivity contribution < 1.29 is 9.32 Å². The molecule has 27 heavy (non-hydrogen) atoms. The third-order valence-electron chi connectivity index (χ3n) is 5.03. The zero-order valence-electron chi connectivity index (χ0n) is 15.3. The van der Waals surface area contributed by atoms with Crippen molar-refractivity contribution in [1.29, 1.82) is 0 Å². The van der Waals surface area contributed by atoms with E-state index < -0.39 is 0 Å². The molecular weight excluding hydrogens is 338 g/mol. The average Bonchev–Trinajstić information content (AvgIpc) is 3.39. The first-order valence-electron chi connectivity index (χ1n) is 9.54. The van der Waals surface area contributed by atoms with Crippen LogP contribution in [0.2, 0.25) is 0 Å². The number of amides is 1. The third kappa shape index (κ3) is 4.08. The molecule has 5 heteroatoms. The number of nitrogens with zero attached hydrogens (tertiary/aromatic N) is 3. The minimum atomic E-state index is -0.0980. The van der Waals surface area contributed by atoms with E-state index in [0.717, 1.165) is 37.8 Å². The van der Waals surface area contributed by atoms with Gasteiger partial charge >= 0.3 is 0 Å². The first-order valence-corrected chi connectivity index (χ1v) is 9.54. The molecule has 4 rings (SSSR count). The van der Waals surface area contributed by atoms with Crippen molar-refractivity contribution in [3.05, 3.63) is 72.1 Å². The summed E-state index contributed by atoms with van der Waals surface area (Å²) in [5, 5.41) is 4.10. The van der Waals surface area contributed by atoms with Crippen molar-refractivity contribution in [2.24, 2.45) is 0 Å². The van der Waals surface area contributed by atoms with Gasteiger partial charge in [-0.25, -0.2) is 0 Å². The lowest BCUT2D eigenvalue weighted by Crippen LogP contribution is -2.30. The minimum Gasteiger partial charge on any atom is -0.337 e. The number of carbonyl (C=O) groups is 1. The van der Waals surface area contributed by atoms with Crippen molar-refractivity contribution in [1.82, 2.24) is 15.0 Å². The Bertz CT molecular complexity index is 877. The number of rotatable bonds is 6. The van der Waals surface area contributed by atoms with Gasteiger partial charge in [-0.2, -0.15) is 4.98 Å². The number of aromatic nitrogens is 2. The van der Waals surface area contributed by atoms with Gasteiger partial charge in [0, 0.05) is 18.5 Å². The fourth-order valence-electron chi connectivity index (χ4n) is 3.63. The quantitative estimate of drug-likeness (QED) is 0.652. The second kappa shape index (κ2) is 8.16. The number of likely N-dealkylation sites (tertiary alicyclic amines) is 1. The van der Waals surface area contributed by atoms with Gasteiger partial charge in [-0.3, -0.25) is 4.79 Å². The van der Waals surface area contributed by atoms with Crippen LogP contribution in [-0.2, 0) is 11.2 Å². The van der Waals surface area contributed by atoms with Crippen LogP contribution in [0.5, 0.6) is 0 Å². The van der Waals surface area contributed by atoms with Gasteiger partial charge < -0.3 is 9.42 Å². The van der Waals surface area contributed by atoms with E-state index in [1.165, 1.54) is 5.56 Å². The molecule has 0 bridgehead atoms. The standard InChI is InChI=1S/C22H23N3O2/c26-20(15-7-11-17-9-3-1-4-10-17)25-16-8-14-19(25)22-23-21(24-27-22)18-12-5-2-6-13-18/h1-6,9-10,12-13,19H,7-8,11,14-16H2/t19-/m1/s1. The van der Waals surface area contributed by atoms with Gasteiger partial charge in [-0.15, -0.1) is 0 Å². The summed E-state index contributed by atoms with van der Waals surface area (Å²) in [6, 6.07) is 20.0. The van der Waals surface area contributed by atoms with Crippen molar-refractivity contribution in [3.8, 4) is 11.4 Å². The van der Waals surface area contributed by atoms with Gasteiger partial charge in [0.2, 0.25) is 17.6 Å². The molecule has 0 unspecified atom stereocenters. The van der Waals surface area contributed by atoms with E-state index in [4.69, 9.17) is 4.52 Å². The van der Waals surface area contributed by atoms with Crippen LogP contribution >= 0.6 is 0 Å². The summed E-state index contributed by atoms with van der Waals surface area (Å²) >= 11 is 0. The summed E-state index contributed by atoms with van der Waals surface area (Å²) in [6.07, 6.45) is 4.17. The lowest BCUT2D eigenvalue weighted by Gasteiger charge is -2.21. The SMILES string of the molecule is O=C(CCCc1ccccc1)N1CCC[C@@H]1c1nc(-c2ccccc2)no1. The fourth-order valence-corrected chi connectivity index (χ4v) is 3.63. The number of carbonyl (C=O) groups excluding carboxylic acids is 1. The minimum absolute atomic E-state index is 0.0980. The highest BCUT2D eigenvalue weighted by Gasteiger charge is 2.33. The molecule has 1 aromatic heterocycles. The monoisotopic (exact) mass is 361 g/mol. The molecule has 0 aliphatic carbocycles. The van der Waals surface area contributed by atoms with Crippen LogP contribution in [0, 0.1) is 0 Å². The predicted molar refractivity (Wildman–Crippen MR) is 103 cm³/mol. The Balaban J connectivity index is 1.38. The number of benzene rings is 2. The maximum absolute atomic E-state index is 12.7. The third-order valence-corrected chi connectivity index (χ3v) is 5.03. The van der Waals surface area contributed by atoms with E-state index in [1.54, 1.807) is 0 Å². The zero-order valence-corrected chi connectivity index (χ0v) is 15.3. The van der Waals surface area contributed by atoms with Gasteiger partial charge in [-0.05, 0) is 31.2 Å². The molecule has 3 aromatic rings. The topological polar surface area (TPSA) is 59.2 Å². The summed E-state index contributed by atoms with van der Waals surface area (Å²) in [4.78, 5) is 19.2. The highest BCUT2D eigenvalue weighted by atomic mass is 16.5. The molecule has 2 aromatic carbocycles. The van der Waals surface area contributed by atoms with Gasteiger partial charge in [0.25, 0.3) is 0 Å². The number of hydrogen-bond acceptors (Lipinski definition) is 4. The summed E-state index contributed by atoms with van der Waals surface area (Å²) in [5.74, 6) is 1.30. The molecule has 1 atom stereocenters. The van der Waals surface area contributed by atoms with Crippen LogP contribution in [0.15, 0.2) is 65.2 Å². The molecule has 0 N–H and O–H groups in total. The van der Waals surface area contributed by atoms with Crippen molar-refractivity contribution >= 4 is 5.91 Å². The largest absolute Gasteiger partial charge is 0.337 e. The highest BCUT2D eigenvalue weighted by Crippen LogP contribution is 2.32. The van der Waals surface area contributed by atoms with Crippen LogP contribution in [0.4, 0.5) is 0 Å². The van der Waals surface area contributed by atoms with E-state index in [1.807, 2.05) is 53.4 Å². The van der Waals surface area contributed by atoms with Crippen LogP contribution in [0.3, 0.4) is 0 Å². The first kappa shape index (κ1) is 17.5. The normalized spacial score (nSPS) is 16.6. The fraction of sp³-hybridized carbons (Fsp3) is 0.318. The smallest absolute Gasteiger partial charge is 0.249 e. The molecule has 0 spiro atoms. The first-order chi connectivity index (χ1) is 13.3. The molecule has 0 radical (unpaired) electrons. The highest BCUT2D eigenvalue weighted by molar-refractivity contribution is 5.77. The van der Waals surface area contributed by atoms with Crippen molar-refractivity contribution in [2.75, 3.05) is 6.54 Å². The van der Waals surface area contributed by atoms with E-state index in [2.05, 4.69) is 22.3 Å². The lowest BCUT2D eigenvalue weighted by atomic mass is 10.1. The van der Waals surface area contributed by atoms with E-state index in [0.29, 0.717) is 18.1 Å². The molecule has 5 nitrogen and oxygen atoms in total. The summed E-state index contributed by atoms with van der Waals surface area (Å²) in [6.45, 7) is 0.762. The maximum Gasteiger partial charge on any atom is 0.249 e. The Morgan fingerprint density at radius 1 is 1.07 bits per heavy atom. The van der Waals surface area contributed by atoms with Crippen molar-refractivity contribution in [2.45, 2.75) is 38.1 Å². The molecule has 138 valence electrons. The Morgan fingerprint density at radius 3 is 2.59 bits per heavy atom. The summed E-state index contributed by atoms with van der Waals surface area (Å²) in [5.41, 5.74) is 2.19. The maximum atomic E-state index is 12.7. The van der Waals surface area contributed by atoms with E-state index >= 15 is 0 Å². The predicted octanol–water partition coefficient (Wildman–Crippen LogP) is 4.42. The van der Waals surface area contributed by atoms with Crippen molar-refractivity contribution in [3.63, 3.8) is 0 Å². The molecule has 2 heterocycles. The number of aryl methyl sites for hydroxylation is 1. The Kier molecular flexibility index (Phi) is 5.28. The average molecular weight is 361 g/mol. The van der Waals surface area contributed by atoms with Gasteiger partial charge in [0.05, 0.1) is 0 Å². The summed E-state index contributed by atoms with van der Waals surface area (Å²) in [7, 11) is 0. The molecule has 1 fully saturated rings. The summed E-state index contributed by atoms with van der Waals surface area (Å²) < 4.78 is 5.50. The van der Waals surface area contributed by atoms with Gasteiger partial charge in [0.15, 0.2) is 0 Å². The van der Waals surface area contributed by atoms with Crippen LogP contribution in [-0.4, -0.2) is 27.5 Å². The van der Waals surface area contributed by atoms with E-state index in [9.17, 15) is 4.79 Å². The molecule has 1 saturated heterocycles. The van der Waals surface area contributed by atoms with Gasteiger partial charge in [-0.1, -0.05) is 65.8 Å². The number of hydrogen-bond donors (Lipinski definition) is 0. The Hall–Kier alpha value is -2.95. The Morgan fingerprint density at radius 2 is 1.81 bits per heavy atom. The molecule has 1 aliphatic rings. The zero-order chi connectivity index (χ0) is 18.5. The van der Waals surface area contributed by atoms with Crippen LogP contribution in [0.1, 0.15) is 43.2 Å². The molecule has 1 amide bonds. The molecular formula is C22H23N3O2. The van der Waals surface area contributed by atoms with E-state index in [-0.39, 0.29) is 11.9 Å². The molecule has 0 saturated carbocycles. The second-order valence-electron chi connectivity index (χ2n) is 6.91. The Labute approximate surface area is 159 Å². The van der Waals surface area contributed by atoms with Gasteiger partial charge in [0.1, 0.15) is 6.04 Å². The van der Waals surface area contributed by atoms with Crippen LogP contribution in [0.25, 0.3) is 11.4 Å². The van der Waals surface area contributed by atoms with Crippen LogP contribution < -0.4 is 0 Å². The lowest BCUT2D eigenvalue weighted by molar-refractivity contribution is -0.132. The molecule has 1 aliphatic heterocycles.